The van der Waals surface area contributed by atoms with E-state index in [9.17, 15) is 14.4 Å². The molecule has 0 heterocycles. The fraction of sp³-hybridized carbons (Fsp3) is 0.500. The summed E-state index contributed by atoms with van der Waals surface area (Å²) >= 11 is 0. The zero-order valence-corrected chi connectivity index (χ0v) is 19.9. The molecule has 2 saturated carbocycles. The number of benzene rings is 1. The number of terminal acetylenes is 1. The van der Waals surface area contributed by atoms with Crippen LogP contribution in [0.15, 0.2) is 47.1 Å². The molecular weight excluding hydrogens is 408 g/mol. The van der Waals surface area contributed by atoms with E-state index >= 15 is 0 Å². The van der Waals surface area contributed by atoms with Crippen LogP contribution in [0.2, 0.25) is 0 Å². The normalized spacial score (nSPS) is 35.2. The van der Waals surface area contributed by atoms with Crippen molar-refractivity contribution in [1.82, 2.24) is 0 Å². The maximum absolute atomic E-state index is 13.0. The lowest BCUT2D eigenvalue weighted by Gasteiger charge is -2.54. The highest BCUT2D eigenvalue weighted by Gasteiger charge is 2.64. The number of ketones is 3. The summed E-state index contributed by atoms with van der Waals surface area (Å²) in [5.74, 6) is 4.34. The van der Waals surface area contributed by atoms with Crippen molar-refractivity contribution in [3.8, 4) is 12.3 Å². The first kappa shape index (κ1) is 22.1. The van der Waals surface area contributed by atoms with Crippen LogP contribution in [0.4, 0.5) is 0 Å². The fourth-order valence-corrected chi connectivity index (χ4v) is 7.85. The molecule has 3 heteroatoms. The minimum atomic E-state index is -0.718. The van der Waals surface area contributed by atoms with E-state index in [2.05, 4.69) is 25.0 Å². The van der Waals surface area contributed by atoms with Gasteiger partial charge >= 0.3 is 0 Å². The van der Waals surface area contributed by atoms with Gasteiger partial charge in [-0.25, -0.2) is 0 Å². The summed E-state index contributed by atoms with van der Waals surface area (Å²) in [6.45, 7) is 5.53. The smallest absolute Gasteiger partial charge is 0.159 e. The lowest BCUT2D eigenvalue weighted by Crippen LogP contribution is -2.50. The number of hydrogen-bond donors (Lipinski definition) is 0. The zero-order chi connectivity index (χ0) is 23.5. The summed E-state index contributed by atoms with van der Waals surface area (Å²) < 4.78 is 0. The molecule has 0 radical (unpaired) electrons. The number of fused-ring (bicyclic) bond motifs is 4. The zero-order valence-electron chi connectivity index (χ0n) is 19.9. The SMILES string of the molecule is C#C[C@]1(C(C)=O)CC[C@H]2[C@@H]3CCC4=CC(=O)CCC4=C3[C@@H](c3ccc(C(C)=O)cc3)C[C@@]21C. The Morgan fingerprint density at radius 3 is 2.42 bits per heavy atom. The molecule has 1 aromatic carbocycles. The van der Waals surface area contributed by atoms with Crippen LogP contribution >= 0.6 is 0 Å². The molecule has 4 aliphatic rings. The highest BCUT2D eigenvalue weighted by molar-refractivity contribution is 5.94. The third-order valence-corrected chi connectivity index (χ3v) is 9.50. The molecule has 2 fully saturated rings. The van der Waals surface area contributed by atoms with Crippen LogP contribution in [-0.4, -0.2) is 17.3 Å². The Hall–Kier alpha value is -2.73. The van der Waals surface area contributed by atoms with E-state index < -0.39 is 5.41 Å². The van der Waals surface area contributed by atoms with Gasteiger partial charge in [0.25, 0.3) is 0 Å². The molecule has 1 aromatic rings. The molecular formula is C30H32O3. The van der Waals surface area contributed by atoms with Crippen molar-refractivity contribution < 1.29 is 14.4 Å². The molecule has 0 N–H and O–H groups in total. The van der Waals surface area contributed by atoms with Crippen LogP contribution in [0.5, 0.6) is 0 Å². The fourth-order valence-electron chi connectivity index (χ4n) is 7.85. The predicted octanol–water partition coefficient (Wildman–Crippen LogP) is 6.00. The minimum Gasteiger partial charge on any atom is -0.298 e. The van der Waals surface area contributed by atoms with E-state index in [1.165, 1.54) is 22.3 Å². The molecule has 0 bridgehead atoms. The maximum Gasteiger partial charge on any atom is 0.159 e. The van der Waals surface area contributed by atoms with E-state index in [1.54, 1.807) is 13.8 Å². The molecule has 170 valence electrons. The summed E-state index contributed by atoms with van der Waals surface area (Å²) in [6, 6.07) is 8.01. The molecule has 0 saturated heterocycles. The molecule has 0 unspecified atom stereocenters. The summed E-state index contributed by atoms with van der Waals surface area (Å²) in [7, 11) is 0. The first-order valence-electron chi connectivity index (χ1n) is 12.3. The van der Waals surface area contributed by atoms with Crippen LogP contribution in [0.1, 0.15) is 87.6 Å². The van der Waals surface area contributed by atoms with Gasteiger partial charge < -0.3 is 0 Å². The van der Waals surface area contributed by atoms with Crippen molar-refractivity contribution in [2.75, 3.05) is 0 Å². The Morgan fingerprint density at radius 2 is 1.79 bits per heavy atom. The van der Waals surface area contributed by atoms with Gasteiger partial charge in [-0.1, -0.05) is 42.7 Å². The maximum atomic E-state index is 13.0. The van der Waals surface area contributed by atoms with Gasteiger partial charge in [0.15, 0.2) is 11.6 Å². The van der Waals surface area contributed by atoms with Gasteiger partial charge in [0.1, 0.15) is 5.78 Å². The monoisotopic (exact) mass is 440 g/mol. The number of carbonyl (C=O) groups excluding carboxylic acids is 3. The lowest BCUT2D eigenvalue weighted by molar-refractivity contribution is -0.130. The minimum absolute atomic E-state index is 0.0597. The second-order valence-corrected chi connectivity index (χ2v) is 10.8. The molecule has 0 aliphatic heterocycles. The summed E-state index contributed by atoms with van der Waals surface area (Å²) in [5, 5.41) is 0. The van der Waals surface area contributed by atoms with Gasteiger partial charge in [0.05, 0.1) is 5.41 Å². The topological polar surface area (TPSA) is 51.2 Å². The second-order valence-electron chi connectivity index (χ2n) is 10.8. The van der Waals surface area contributed by atoms with Gasteiger partial charge in [-0.2, -0.15) is 0 Å². The molecule has 33 heavy (non-hydrogen) atoms. The largest absolute Gasteiger partial charge is 0.298 e. The number of allylic oxidation sites excluding steroid dienone is 4. The molecule has 0 aromatic heterocycles. The van der Waals surface area contributed by atoms with E-state index in [4.69, 9.17) is 6.42 Å². The standard InChI is InChI=1S/C30H32O3/c1-5-30(19(3)32)15-14-27-25-12-10-22-16-23(33)11-13-24(22)28(25)26(17-29(27,30)4)21-8-6-20(7-9-21)18(2)31/h1,6-9,16,25-27H,10-15,17H2,2-4H3/t25-,26+,27-,29-,30+/m0/s1. The molecule has 4 aliphatic carbocycles. The highest BCUT2D eigenvalue weighted by atomic mass is 16.1. The van der Waals surface area contributed by atoms with E-state index in [0.717, 1.165) is 38.5 Å². The van der Waals surface area contributed by atoms with E-state index in [1.807, 2.05) is 18.2 Å². The van der Waals surface area contributed by atoms with Crippen LogP contribution < -0.4 is 0 Å². The molecule has 0 amide bonds. The van der Waals surface area contributed by atoms with Gasteiger partial charge in [-0.3, -0.25) is 14.4 Å². The van der Waals surface area contributed by atoms with Gasteiger partial charge in [0.2, 0.25) is 0 Å². The second kappa shape index (κ2) is 7.66. The van der Waals surface area contributed by atoms with Crippen molar-refractivity contribution in [3.63, 3.8) is 0 Å². The number of rotatable bonds is 3. The van der Waals surface area contributed by atoms with Crippen LogP contribution in [0.25, 0.3) is 0 Å². The van der Waals surface area contributed by atoms with Gasteiger partial charge in [-0.05, 0) is 92.4 Å². The summed E-state index contributed by atoms with van der Waals surface area (Å²) in [5.41, 5.74) is 5.00. The Labute approximate surface area is 196 Å². The van der Waals surface area contributed by atoms with Crippen molar-refractivity contribution in [3.05, 3.63) is 58.2 Å². The first-order valence-corrected chi connectivity index (χ1v) is 12.3. The van der Waals surface area contributed by atoms with Crippen LogP contribution in [-0.2, 0) is 9.59 Å². The van der Waals surface area contributed by atoms with E-state index in [0.29, 0.717) is 23.8 Å². The Morgan fingerprint density at radius 1 is 1.06 bits per heavy atom. The molecule has 0 spiro atoms. The number of Topliss-reactive ketones (excluding diaryl/α,β-unsaturated/α-hetero) is 2. The summed E-state index contributed by atoms with van der Waals surface area (Å²) in [6.07, 6.45) is 13.9. The average Bonchev–Trinajstić information content (AvgIpc) is 3.11. The number of hydrogen-bond acceptors (Lipinski definition) is 3. The Bertz CT molecular complexity index is 1160. The van der Waals surface area contributed by atoms with Gasteiger partial charge in [-0.15, -0.1) is 6.42 Å². The third-order valence-electron chi connectivity index (χ3n) is 9.50. The predicted molar refractivity (Wildman–Crippen MR) is 129 cm³/mol. The van der Waals surface area contributed by atoms with Crippen LogP contribution in [0, 0.1) is 35.0 Å². The average molecular weight is 441 g/mol. The first-order chi connectivity index (χ1) is 15.7. The molecule has 3 nitrogen and oxygen atoms in total. The highest BCUT2D eigenvalue weighted by Crippen LogP contribution is 2.69. The Kier molecular flexibility index (Phi) is 5.12. The third kappa shape index (κ3) is 3.07. The van der Waals surface area contributed by atoms with Crippen molar-refractivity contribution in [2.24, 2.45) is 22.7 Å². The van der Waals surface area contributed by atoms with Crippen molar-refractivity contribution in [2.45, 2.75) is 71.6 Å². The lowest BCUT2D eigenvalue weighted by atomic mass is 9.48. The van der Waals surface area contributed by atoms with Crippen LogP contribution in [0.3, 0.4) is 0 Å². The molecule has 5 atom stereocenters. The van der Waals surface area contributed by atoms with Crippen molar-refractivity contribution >= 4 is 17.3 Å². The molecule has 5 rings (SSSR count). The summed E-state index contributed by atoms with van der Waals surface area (Å²) in [4.78, 5) is 37.1. The van der Waals surface area contributed by atoms with Crippen molar-refractivity contribution in [1.29, 1.82) is 0 Å². The quantitative estimate of drug-likeness (QED) is 0.428. The van der Waals surface area contributed by atoms with E-state index in [-0.39, 0.29) is 28.7 Å². The Balaban J connectivity index is 1.70. The van der Waals surface area contributed by atoms with Gasteiger partial charge in [0, 0.05) is 17.9 Å². The number of carbonyl (C=O) groups is 3.